The van der Waals surface area contributed by atoms with Crippen LogP contribution in [0, 0.1) is 5.92 Å². The Kier molecular flexibility index (Phi) is 5.92. The number of imidazole rings is 1. The number of aromatic nitrogens is 3. The van der Waals surface area contributed by atoms with Crippen molar-refractivity contribution in [3.63, 3.8) is 0 Å². The zero-order chi connectivity index (χ0) is 25.3. The van der Waals surface area contributed by atoms with Gasteiger partial charge in [0.15, 0.2) is 11.5 Å². The van der Waals surface area contributed by atoms with Gasteiger partial charge in [0.05, 0.1) is 5.56 Å². The monoisotopic (exact) mass is 496 g/mol. The number of ether oxygens (including phenoxy) is 1. The van der Waals surface area contributed by atoms with Gasteiger partial charge >= 0.3 is 12.2 Å². The fourth-order valence-electron chi connectivity index (χ4n) is 3.39. The van der Waals surface area contributed by atoms with Crippen molar-refractivity contribution in [2.45, 2.75) is 19.0 Å². The van der Waals surface area contributed by atoms with Gasteiger partial charge in [0.2, 0.25) is 5.91 Å². The number of nitrogens with one attached hydrogen (secondary N) is 3. The quantitative estimate of drug-likeness (QED) is 0.325. The van der Waals surface area contributed by atoms with Crippen molar-refractivity contribution in [2.24, 2.45) is 5.92 Å². The number of hydrogen-bond donors (Lipinski definition) is 3. The minimum Gasteiger partial charge on any atom is -0.436 e. The molecule has 0 atom stereocenters. The number of fused-ring (bicyclic) bond motifs is 1. The van der Waals surface area contributed by atoms with E-state index >= 15 is 0 Å². The molecule has 2 aromatic heterocycles. The normalized spacial score (nSPS) is 13.3. The van der Waals surface area contributed by atoms with Gasteiger partial charge < -0.3 is 20.7 Å². The molecule has 0 saturated heterocycles. The van der Waals surface area contributed by atoms with E-state index in [0.717, 1.165) is 37.1 Å². The summed E-state index contributed by atoms with van der Waals surface area (Å²) in [5.74, 6) is 0.580. The highest BCUT2D eigenvalue weighted by molar-refractivity contribution is 6.00. The van der Waals surface area contributed by atoms with E-state index in [4.69, 9.17) is 4.74 Å². The number of urea groups is 1. The minimum absolute atomic E-state index is 0.0358. The molecule has 1 fully saturated rings. The number of amides is 3. The van der Waals surface area contributed by atoms with Crippen molar-refractivity contribution >= 4 is 34.8 Å². The van der Waals surface area contributed by atoms with E-state index in [1.165, 1.54) is 4.52 Å². The van der Waals surface area contributed by atoms with Crippen LogP contribution in [-0.4, -0.2) is 26.5 Å². The highest BCUT2D eigenvalue weighted by atomic mass is 19.4. The Bertz CT molecular complexity index is 1430. The average Bonchev–Trinajstić information content (AvgIpc) is 3.63. The molecule has 4 aromatic rings. The van der Waals surface area contributed by atoms with E-state index in [1.807, 2.05) is 0 Å². The van der Waals surface area contributed by atoms with Crippen molar-refractivity contribution in [1.29, 1.82) is 0 Å². The van der Waals surface area contributed by atoms with Gasteiger partial charge in [-0.15, -0.1) is 0 Å². The van der Waals surface area contributed by atoms with E-state index in [9.17, 15) is 22.8 Å². The summed E-state index contributed by atoms with van der Waals surface area (Å²) in [6.07, 6.45) is -1.25. The van der Waals surface area contributed by atoms with E-state index in [1.54, 1.807) is 42.6 Å². The first-order valence-electron chi connectivity index (χ1n) is 10.9. The summed E-state index contributed by atoms with van der Waals surface area (Å²) in [5, 5.41) is 12.1. The van der Waals surface area contributed by atoms with Gasteiger partial charge in [-0.1, -0.05) is 6.07 Å². The third-order valence-corrected chi connectivity index (χ3v) is 5.32. The lowest BCUT2D eigenvalue weighted by atomic mass is 10.2. The number of carbonyl (C=O) groups excluding carboxylic acids is 2. The summed E-state index contributed by atoms with van der Waals surface area (Å²) in [7, 11) is 0. The van der Waals surface area contributed by atoms with E-state index in [-0.39, 0.29) is 29.2 Å². The third-order valence-electron chi connectivity index (χ3n) is 5.32. The predicted molar refractivity (Wildman–Crippen MR) is 125 cm³/mol. The molecule has 0 radical (unpaired) electrons. The lowest BCUT2D eigenvalue weighted by Crippen LogP contribution is -2.19. The zero-order valence-electron chi connectivity index (χ0n) is 18.5. The Morgan fingerprint density at radius 3 is 2.42 bits per heavy atom. The molecule has 12 heteroatoms. The molecule has 0 spiro atoms. The summed E-state index contributed by atoms with van der Waals surface area (Å²) in [5.41, 5.74) is 0.222. The first-order valence-corrected chi connectivity index (χ1v) is 10.9. The Morgan fingerprint density at radius 1 is 0.944 bits per heavy atom. The molecule has 0 unspecified atom stereocenters. The number of anilines is 3. The van der Waals surface area contributed by atoms with E-state index in [0.29, 0.717) is 17.1 Å². The first-order chi connectivity index (χ1) is 17.3. The fourth-order valence-corrected chi connectivity index (χ4v) is 3.39. The van der Waals surface area contributed by atoms with Crippen molar-refractivity contribution in [2.75, 3.05) is 16.0 Å². The second kappa shape index (κ2) is 9.21. The van der Waals surface area contributed by atoms with Crippen LogP contribution in [0.15, 0.2) is 66.9 Å². The maximum Gasteiger partial charge on any atom is 0.416 e. The predicted octanol–water partition coefficient (Wildman–Crippen LogP) is 5.53. The van der Waals surface area contributed by atoms with Crippen molar-refractivity contribution in [1.82, 2.24) is 14.6 Å². The van der Waals surface area contributed by atoms with Crippen LogP contribution in [0.3, 0.4) is 0 Å². The lowest BCUT2D eigenvalue weighted by molar-refractivity contribution is -0.137. The van der Waals surface area contributed by atoms with Gasteiger partial charge in [0.25, 0.3) is 5.88 Å². The van der Waals surface area contributed by atoms with Crippen LogP contribution in [0.4, 0.5) is 35.2 Å². The van der Waals surface area contributed by atoms with Gasteiger partial charge in [-0.2, -0.15) is 22.8 Å². The van der Waals surface area contributed by atoms with Crippen LogP contribution < -0.4 is 20.7 Å². The number of alkyl halides is 3. The second-order valence-corrected chi connectivity index (χ2v) is 8.11. The molecule has 36 heavy (non-hydrogen) atoms. The van der Waals surface area contributed by atoms with Crippen LogP contribution in [0.25, 0.3) is 5.65 Å². The third kappa shape index (κ3) is 5.22. The molecule has 0 aliphatic heterocycles. The van der Waals surface area contributed by atoms with Gasteiger partial charge in [-0.05, 0) is 61.4 Å². The van der Waals surface area contributed by atoms with Crippen LogP contribution >= 0.6 is 0 Å². The number of halogens is 3. The van der Waals surface area contributed by atoms with Crippen molar-refractivity contribution in [3.8, 4) is 11.6 Å². The van der Waals surface area contributed by atoms with E-state index in [2.05, 4.69) is 26.0 Å². The molecular weight excluding hydrogens is 477 g/mol. The molecule has 184 valence electrons. The summed E-state index contributed by atoms with van der Waals surface area (Å²) in [4.78, 5) is 29.0. The van der Waals surface area contributed by atoms with Gasteiger partial charge in [0, 0.05) is 29.6 Å². The maximum atomic E-state index is 12.7. The largest absolute Gasteiger partial charge is 0.436 e. The van der Waals surface area contributed by atoms with Gasteiger partial charge in [0.1, 0.15) is 5.75 Å². The zero-order valence-corrected chi connectivity index (χ0v) is 18.5. The molecular formula is C24H19F3N6O3. The van der Waals surface area contributed by atoms with Gasteiger partial charge in [-0.25, -0.2) is 9.78 Å². The molecule has 1 aliphatic carbocycles. The summed E-state index contributed by atoms with van der Waals surface area (Å²) >= 11 is 0. The number of carbonyl (C=O) groups is 2. The molecule has 1 saturated carbocycles. The van der Waals surface area contributed by atoms with Crippen LogP contribution in [0.5, 0.6) is 11.6 Å². The van der Waals surface area contributed by atoms with Crippen LogP contribution in [0.1, 0.15) is 18.4 Å². The summed E-state index contributed by atoms with van der Waals surface area (Å²) in [6, 6.07) is 13.3. The van der Waals surface area contributed by atoms with Crippen LogP contribution in [-0.2, 0) is 11.0 Å². The molecule has 9 nitrogen and oxygen atoms in total. The molecule has 5 rings (SSSR count). The summed E-state index contributed by atoms with van der Waals surface area (Å²) < 4.78 is 45.6. The topological polar surface area (TPSA) is 110 Å². The van der Waals surface area contributed by atoms with Gasteiger partial charge in [-0.3, -0.25) is 4.79 Å². The number of rotatable bonds is 6. The lowest BCUT2D eigenvalue weighted by Gasteiger charge is -2.11. The first kappa shape index (κ1) is 23.1. The molecule has 3 N–H and O–H groups in total. The number of nitrogens with zero attached hydrogens (tertiary/aromatic N) is 3. The molecule has 1 aliphatic rings. The maximum absolute atomic E-state index is 12.7. The average molecular weight is 496 g/mol. The highest BCUT2D eigenvalue weighted by Gasteiger charge is 2.31. The standard InChI is InChI=1S/C24H19F3N6O3/c25-24(26,27)15-8-10-16(11-9-15)29-23(35)30-17-3-1-4-18(13-17)36-22-20(32-21(34)14-6-7-14)31-19-5-2-12-28-33(19)22/h1-5,8-14H,6-7H2,(H,32,34)(H2,29,30,35). The number of benzene rings is 2. The Balaban J connectivity index is 1.30. The van der Waals surface area contributed by atoms with Crippen LogP contribution in [0.2, 0.25) is 0 Å². The summed E-state index contributed by atoms with van der Waals surface area (Å²) in [6.45, 7) is 0. The van der Waals surface area contributed by atoms with Crippen molar-refractivity contribution in [3.05, 3.63) is 72.4 Å². The number of hydrogen-bond acceptors (Lipinski definition) is 5. The molecule has 0 bridgehead atoms. The Hall–Kier alpha value is -4.61. The van der Waals surface area contributed by atoms with Crippen molar-refractivity contribution < 1.29 is 27.5 Å². The minimum atomic E-state index is -4.46. The smallest absolute Gasteiger partial charge is 0.416 e. The highest BCUT2D eigenvalue weighted by Crippen LogP contribution is 2.34. The molecule has 2 heterocycles. The second-order valence-electron chi connectivity index (χ2n) is 8.11. The fraction of sp³-hybridized carbons (Fsp3) is 0.167. The Labute approximate surface area is 202 Å². The van der Waals surface area contributed by atoms with E-state index < -0.39 is 17.8 Å². The Morgan fingerprint density at radius 2 is 1.69 bits per heavy atom. The molecule has 2 aromatic carbocycles. The molecule has 3 amide bonds. The SMILES string of the molecule is O=C(Nc1ccc(C(F)(F)F)cc1)Nc1cccc(Oc2c(NC(=O)C3CC3)nc3cccnn23)c1.